The number of aromatic nitrogens is 7. The van der Waals surface area contributed by atoms with Crippen molar-refractivity contribution in [3.8, 4) is 17.2 Å². The van der Waals surface area contributed by atoms with Gasteiger partial charge in [-0.05, 0) is 16.5 Å². The van der Waals surface area contributed by atoms with Crippen molar-refractivity contribution in [1.29, 1.82) is 0 Å². The van der Waals surface area contributed by atoms with Crippen LogP contribution in [0.2, 0.25) is 0 Å². The monoisotopic (exact) mass is 338 g/mol. The van der Waals surface area contributed by atoms with E-state index in [-0.39, 0.29) is 19.2 Å². The van der Waals surface area contributed by atoms with Crippen LogP contribution in [0.4, 0.5) is 0 Å². The van der Waals surface area contributed by atoms with Crippen molar-refractivity contribution in [3.05, 3.63) is 35.4 Å². The normalized spacial score (nSPS) is 19.8. The van der Waals surface area contributed by atoms with Crippen LogP contribution in [0, 0.1) is 0 Å². The number of amides is 1. The van der Waals surface area contributed by atoms with Gasteiger partial charge in [-0.25, -0.2) is 9.36 Å². The largest absolute Gasteiger partial charge is 0.454 e. The molecule has 0 saturated heterocycles. The van der Waals surface area contributed by atoms with Gasteiger partial charge < -0.3 is 14.4 Å². The molecule has 3 aliphatic rings. The minimum absolute atomic E-state index is 0.0666. The molecule has 3 aliphatic heterocycles. The van der Waals surface area contributed by atoms with Crippen molar-refractivity contribution < 1.29 is 14.3 Å². The van der Waals surface area contributed by atoms with Gasteiger partial charge in [0.1, 0.15) is 12.6 Å². The molecule has 25 heavy (non-hydrogen) atoms. The molecule has 0 aliphatic carbocycles. The van der Waals surface area contributed by atoms with Crippen LogP contribution >= 0.6 is 0 Å². The number of rotatable bonds is 0. The highest BCUT2D eigenvalue weighted by atomic mass is 16.7. The van der Waals surface area contributed by atoms with Crippen LogP contribution in [0.15, 0.2) is 18.3 Å². The van der Waals surface area contributed by atoms with E-state index < -0.39 is 6.04 Å². The van der Waals surface area contributed by atoms with Gasteiger partial charge in [0.2, 0.25) is 12.7 Å². The summed E-state index contributed by atoms with van der Waals surface area (Å²) >= 11 is 0. The van der Waals surface area contributed by atoms with E-state index >= 15 is 0 Å². The molecule has 11 heteroatoms. The highest BCUT2D eigenvalue weighted by Crippen LogP contribution is 2.44. The second-order valence-electron chi connectivity index (χ2n) is 6.02. The molecule has 11 nitrogen and oxygen atoms in total. The molecule has 1 atom stereocenters. The number of tetrazole rings is 1. The molecule has 0 radical (unpaired) electrons. The van der Waals surface area contributed by atoms with Crippen molar-refractivity contribution in [1.82, 2.24) is 40.1 Å². The Morgan fingerprint density at radius 1 is 1.12 bits per heavy atom. The van der Waals surface area contributed by atoms with Crippen LogP contribution in [-0.2, 0) is 17.9 Å². The van der Waals surface area contributed by atoms with Crippen LogP contribution < -0.4 is 9.47 Å². The van der Waals surface area contributed by atoms with E-state index in [1.165, 1.54) is 4.68 Å². The fourth-order valence-electron chi connectivity index (χ4n) is 3.60. The molecule has 5 heterocycles. The topological polar surface area (TPSA) is 113 Å². The molecule has 0 saturated carbocycles. The van der Waals surface area contributed by atoms with Gasteiger partial charge in [0.05, 0.1) is 24.1 Å². The Bertz CT molecular complexity index is 1040. The third-order valence-corrected chi connectivity index (χ3v) is 4.72. The van der Waals surface area contributed by atoms with Crippen molar-refractivity contribution in [2.45, 2.75) is 19.1 Å². The summed E-state index contributed by atoms with van der Waals surface area (Å²) < 4.78 is 14.3. The van der Waals surface area contributed by atoms with Gasteiger partial charge in [-0.3, -0.25) is 4.79 Å². The third-order valence-electron chi connectivity index (χ3n) is 4.72. The van der Waals surface area contributed by atoms with Gasteiger partial charge in [0, 0.05) is 11.6 Å². The maximum Gasteiger partial charge on any atom is 0.245 e. The van der Waals surface area contributed by atoms with E-state index in [1.807, 2.05) is 12.1 Å². The number of hydrogen-bond donors (Lipinski definition) is 0. The molecular formula is C14H10N8O3. The zero-order valence-electron chi connectivity index (χ0n) is 12.7. The zero-order valence-corrected chi connectivity index (χ0v) is 12.7. The summed E-state index contributed by atoms with van der Waals surface area (Å²) in [7, 11) is 0. The molecule has 0 bridgehead atoms. The quantitative estimate of drug-likeness (QED) is 0.535. The van der Waals surface area contributed by atoms with Crippen molar-refractivity contribution in [3.63, 3.8) is 0 Å². The van der Waals surface area contributed by atoms with E-state index in [9.17, 15) is 4.79 Å². The molecule has 0 spiro atoms. The zero-order chi connectivity index (χ0) is 16.5. The maximum absolute atomic E-state index is 12.7. The minimum atomic E-state index is -0.428. The lowest BCUT2D eigenvalue weighted by Gasteiger charge is -2.33. The summed E-state index contributed by atoms with van der Waals surface area (Å²) in [4.78, 5) is 14.5. The smallest absolute Gasteiger partial charge is 0.245 e. The Hall–Kier alpha value is -3.50. The average molecular weight is 338 g/mol. The van der Waals surface area contributed by atoms with Crippen molar-refractivity contribution in [2.24, 2.45) is 0 Å². The predicted molar refractivity (Wildman–Crippen MR) is 77.7 cm³/mol. The van der Waals surface area contributed by atoms with Gasteiger partial charge in [0.15, 0.2) is 17.3 Å². The first kappa shape index (κ1) is 12.9. The molecule has 6 rings (SSSR count). The number of carbonyl (C=O) groups is 1. The summed E-state index contributed by atoms with van der Waals surface area (Å²) in [6.07, 6.45) is 1.65. The molecule has 1 amide bonds. The van der Waals surface area contributed by atoms with E-state index in [1.54, 1.807) is 15.8 Å². The summed E-state index contributed by atoms with van der Waals surface area (Å²) in [5.41, 5.74) is 2.39. The van der Waals surface area contributed by atoms with Gasteiger partial charge in [-0.2, -0.15) is 0 Å². The fraction of sp³-hybridized carbons (Fsp3) is 0.286. The first-order valence-corrected chi connectivity index (χ1v) is 7.68. The molecule has 0 N–H and O–H groups in total. The second kappa shape index (κ2) is 4.32. The van der Waals surface area contributed by atoms with E-state index in [4.69, 9.17) is 9.47 Å². The van der Waals surface area contributed by atoms with Crippen LogP contribution in [-0.4, -0.2) is 52.8 Å². The summed E-state index contributed by atoms with van der Waals surface area (Å²) in [5.74, 6) is 1.80. The minimum Gasteiger partial charge on any atom is -0.454 e. The molecule has 124 valence electrons. The molecule has 1 aromatic carbocycles. The fourth-order valence-corrected chi connectivity index (χ4v) is 3.60. The Morgan fingerprint density at radius 2 is 2.00 bits per heavy atom. The van der Waals surface area contributed by atoms with Crippen LogP contribution in [0.25, 0.3) is 5.69 Å². The first-order valence-electron chi connectivity index (χ1n) is 7.68. The van der Waals surface area contributed by atoms with Crippen molar-refractivity contribution >= 4 is 5.91 Å². The van der Waals surface area contributed by atoms with Crippen LogP contribution in [0.3, 0.4) is 0 Å². The summed E-state index contributed by atoms with van der Waals surface area (Å²) in [6.45, 7) is 0.637. The molecule has 0 fully saturated rings. The molecular weight excluding hydrogens is 328 g/mol. The highest BCUT2D eigenvalue weighted by molar-refractivity contribution is 5.79. The van der Waals surface area contributed by atoms with Gasteiger partial charge in [0.25, 0.3) is 0 Å². The standard InChI is InChI=1S/C14H10N8O3/c23-12-5-21-14(16-17-19-21)13-8-1-10-11(25-6-24-10)2-9(8)22-7(3-15-18-22)4-20(12)13/h1-3,13H,4-6H2. The van der Waals surface area contributed by atoms with Gasteiger partial charge in [-0.1, -0.05) is 5.21 Å². The van der Waals surface area contributed by atoms with E-state index in [0.29, 0.717) is 23.9 Å². The highest BCUT2D eigenvalue weighted by Gasteiger charge is 2.41. The number of nitrogens with zero attached hydrogens (tertiary/aromatic N) is 8. The number of hydrogen-bond acceptors (Lipinski definition) is 8. The Balaban J connectivity index is 1.68. The lowest BCUT2D eigenvalue weighted by molar-refractivity contribution is -0.136. The Labute approximate surface area is 139 Å². The molecule has 2 aromatic heterocycles. The first-order chi connectivity index (χ1) is 12.3. The number of carbonyl (C=O) groups excluding carboxylic acids is 1. The third kappa shape index (κ3) is 1.59. The van der Waals surface area contributed by atoms with Crippen molar-refractivity contribution in [2.75, 3.05) is 6.79 Å². The van der Waals surface area contributed by atoms with Gasteiger partial charge >= 0.3 is 0 Å². The lowest BCUT2D eigenvalue weighted by atomic mass is 10.00. The lowest BCUT2D eigenvalue weighted by Crippen LogP contribution is -2.42. The summed E-state index contributed by atoms with van der Waals surface area (Å²) in [6, 6.07) is 3.29. The number of fused-ring (bicyclic) bond motifs is 8. The Morgan fingerprint density at radius 3 is 2.92 bits per heavy atom. The Kier molecular flexibility index (Phi) is 2.22. The average Bonchev–Trinajstić information content (AvgIpc) is 3.33. The van der Waals surface area contributed by atoms with Gasteiger partial charge in [-0.15, -0.1) is 10.2 Å². The van der Waals surface area contributed by atoms with Crippen LogP contribution in [0.1, 0.15) is 23.1 Å². The molecule has 1 unspecified atom stereocenters. The predicted octanol–water partition coefficient (Wildman–Crippen LogP) is -0.572. The maximum atomic E-state index is 12.7. The number of benzene rings is 1. The van der Waals surface area contributed by atoms with E-state index in [0.717, 1.165) is 16.9 Å². The summed E-state index contributed by atoms with van der Waals surface area (Å²) in [5, 5.41) is 20.0. The van der Waals surface area contributed by atoms with Crippen LogP contribution in [0.5, 0.6) is 11.5 Å². The number of ether oxygens (including phenoxy) is 2. The molecule has 3 aromatic rings. The SMILES string of the molecule is O=C1Cn2nnnc2C2c3cc4c(cc3-n3nncc3CN12)OCO4. The second-order valence-corrected chi connectivity index (χ2v) is 6.02. The van der Waals surface area contributed by atoms with E-state index in [2.05, 4.69) is 25.8 Å².